The van der Waals surface area contributed by atoms with Crippen LogP contribution in [0.25, 0.3) is 60.5 Å². The number of rotatable bonds is 5. The minimum Gasteiger partial charge on any atom is -0.356 e. The van der Waals surface area contributed by atoms with Gasteiger partial charge in [-0.05, 0) is 81.6 Å². The van der Waals surface area contributed by atoms with Crippen molar-refractivity contribution in [1.82, 2.24) is 4.57 Å². The van der Waals surface area contributed by atoms with E-state index in [1.807, 2.05) is 6.07 Å². The Morgan fingerprint density at radius 3 is 1.74 bits per heavy atom. The Kier molecular flexibility index (Phi) is 5.82. The molecule has 1 N–H and O–H groups in total. The van der Waals surface area contributed by atoms with Crippen molar-refractivity contribution in [3.05, 3.63) is 164 Å². The van der Waals surface area contributed by atoms with Crippen molar-refractivity contribution in [3.63, 3.8) is 0 Å². The van der Waals surface area contributed by atoms with Crippen LogP contribution in [0.1, 0.15) is 0 Å². The molecule has 8 rings (SSSR count). The SMILES string of the molecule is c1ccc(-c2ccc(Nc3ccc(-n4c5ccccc5c5c6c(-c7ccccc7)cccc6ccc54)cc3)cc2)cc1. The lowest BCUT2D eigenvalue weighted by Crippen LogP contribution is -1.95. The van der Waals surface area contributed by atoms with E-state index in [4.69, 9.17) is 0 Å². The predicted octanol–water partition coefficient (Wildman–Crippen LogP) is 11.0. The number of nitrogens with one attached hydrogen (secondary N) is 1. The van der Waals surface area contributed by atoms with Gasteiger partial charge in [-0.2, -0.15) is 0 Å². The number of fused-ring (bicyclic) bond motifs is 5. The highest BCUT2D eigenvalue weighted by atomic mass is 15.0. The molecule has 1 aromatic heterocycles. The molecule has 0 amide bonds. The molecule has 42 heavy (non-hydrogen) atoms. The molecule has 0 bridgehead atoms. The standard InChI is InChI=1S/C40H28N2/c1-3-10-28(11-4-1)29-18-21-32(22-19-29)41-33-23-25-34(26-24-33)42-37-17-8-7-15-36(37)40-38(42)27-20-31-14-9-16-35(39(31)40)30-12-5-2-6-13-30/h1-27,41H. The summed E-state index contributed by atoms with van der Waals surface area (Å²) < 4.78 is 2.39. The van der Waals surface area contributed by atoms with Crippen LogP contribution in [-0.4, -0.2) is 4.57 Å². The molecule has 8 aromatic rings. The lowest BCUT2D eigenvalue weighted by atomic mass is 9.94. The van der Waals surface area contributed by atoms with Crippen LogP contribution < -0.4 is 5.32 Å². The monoisotopic (exact) mass is 536 g/mol. The Hall–Kier alpha value is -5.60. The quantitative estimate of drug-likeness (QED) is 0.231. The molecule has 0 radical (unpaired) electrons. The zero-order valence-electron chi connectivity index (χ0n) is 23.0. The first-order valence-electron chi connectivity index (χ1n) is 14.4. The summed E-state index contributed by atoms with van der Waals surface area (Å²) in [4.78, 5) is 0. The first kappa shape index (κ1) is 24.2. The average molecular weight is 537 g/mol. The number of anilines is 2. The van der Waals surface area contributed by atoms with Gasteiger partial charge in [0.05, 0.1) is 11.0 Å². The fourth-order valence-electron chi connectivity index (χ4n) is 6.21. The van der Waals surface area contributed by atoms with Gasteiger partial charge in [-0.3, -0.25) is 0 Å². The summed E-state index contributed by atoms with van der Waals surface area (Å²) in [6, 6.07) is 58.5. The number of hydrogen-bond acceptors (Lipinski definition) is 1. The number of aromatic nitrogens is 1. The van der Waals surface area contributed by atoms with Crippen LogP contribution in [-0.2, 0) is 0 Å². The van der Waals surface area contributed by atoms with Crippen LogP contribution in [0.3, 0.4) is 0 Å². The summed E-state index contributed by atoms with van der Waals surface area (Å²) in [5.74, 6) is 0. The van der Waals surface area contributed by atoms with E-state index in [1.54, 1.807) is 0 Å². The molecule has 0 aliphatic heterocycles. The van der Waals surface area contributed by atoms with Gasteiger partial charge >= 0.3 is 0 Å². The molecular formula is C40H28N2. The largest absolute Gasteiger partial charge is 0.356 e. The topological polar surface area (TPSA) is 17.0 Å². The number of nitrogens with zero attached hydrogens (tertiary/aromatic N) is 1. The second kappa shape index (κ2) is 10.1. The van der Waals surface area contributed by atoms with E-state index < -0.39 is 0 Å². The maximum Gasteiger partial charge on any atom is 0.0547 e. The van der Waals surface area contributed by atoms with E-state index in [0.29, 0.717) is 0 Å². The fraction of sp³-hybridized carbons (Fsp3) is 0. The van der Waals surface area contributed by atoms with Gasteiger partial charge in [-0.1, -0.05) is 115 Å². The third-order valence-corrected chi connectivity index (χ3v) is 8.17. The van der Waals surface area contributed by atoms with E-state index in [0.717, 1.165) is 17.1 Å². The molecular weight excluding hydrogens is 508 g/mol. The predicted molar refractivity (Wildman–Crippen MR) is 179 cm³/mol. The van der Waals surface area contributed by atoms with Gasteiger partial charge < -0.3 is 9.88 Å². The van der Waals surface area contributed by atoms with Crippen LogP contribution >= 0.6 is 0 Å². The van der Waals surface area contributed by atoms with Gasteiger partial charge in [0.15, 0.2) is 0 Å². The summed E-state index contributed by atoms with van der Waals surface area (Å²) in [5, 5.41) is 8.68. The second-order valence-electron chi connectivity index (χ2n) is 10.7. The van der Waals surface area contributed by atoms with Gasteiger partial charge in [0.25, 0.3) is 0 Å². The zero-order chi connectivity index (χ0) is 27.9. The number of para-hydroxylation sites is 1. The van der Waals surface area contributed by atoms with Crippen molar-refractivity contribution in [2.75, 3.05) is 5.32 Å². The fourth-order valence-corrected chi connectivity index (χ4v) is 6.21. The smallest absolute Gasteiger partial charge is 0.0547 e. The first-order chi connectivity index (χ1) is 20.8. The Morgan fingerprint density at radius 2 is 1.00 bits per heavy atom. The molecule has 0 saturated heterocycles. The summed E-state index contributed by atoms with van der Waals surface area (Å²) in [5.41, 5.74) is 10.6. The Balaban J connectivity index is 1.21. The molecule has 0 aliphatic rings. The van der Waals surface area contributed by atoms with E-state index in [2.05, 4.69) is 168 Å². The maximum atomic E-state index is 3.57. The van der Waals surface area contributed by atoms with Crippen molar-refractivity contribution in [2.45, 2.75) is 0 Å². The highest BCUT2D eigenvalue weighted by Crippen LogP contribution is 2.41. The van der Waals surface area contributed by atoms with Crippen molar-refractivity contribution in [2.24, 2.45) is 0 Å². The lowest BCUT2D eigenvalue weighted by Gasteiger charge is -2.12. The van der Waals surface area contributed by atoms with Gasteiger partial charge in [-0.15, -0.1) is 0 Å². The third-order valence-electron chi connectivity index (χ3n) is 8.17. The normalized spacial score (nSPS) is 11.3. The van der Waals surface area contributed by atoms with E-state index in [-0.39, 0.29) is 0 Å². The second-order valence-corrected chi connectivity index (χ2v) is 10.7. The maximum absolute atomic E-state index is 3.57. The molecule has 198 valence electrons. The molecule has 1 heterocycles. The molecule has 0 fully saturated rings. The first-order valence-corrected chi connectivity index (χ1v) is 14.4. The van der Waals surface area contributed by atoms with Crippen LogP contribution in [0.15, 0.2) is 164 Å². The van der Waals surface area contributed by atoms with Crippen LogP contribution in [0.2, 0.25) is 0 Å². The molecule has 2 heteroatoms. The summed E-state index contributed by atoms with van der Waals surface area (Å²) in [7, 11) is 0. The molecule has 0 saturated carbocycles. The summed E-state index contributed by atoms with van der Waals surface area (Å²) in [6.45, 7) is 0. The third kappa shape index (κ3) is 4.13. The van der Waals surface area contributed by atoms with Gasteiger partial charge in [-0.25, -0.2) is 0 Å². The van der Waals surface area contributed by atoms with Crippen molar-refractivity contribution < 1.29 is 0 Å². The Labute approximate surface area is 245 Å². The highest BCUT2D eigenvalue weighted by molar-refractivity contribution is 6.24. The summed E-state index contributed by atoms with van der Waals surface area (Å²) >= 11 is 0. The summed E-state index contributed by atoms with van der Waals surface area (Å²) in [6.07, 6.45) is 0. The molecule has 0 atom stereocenters. The van der Waals surface area contributed by atoms with Crippen LogP contribution in [0.5, 0.6) is 0 Å². The van der Waals surface area contributed by atoms with Crippen molar-refractivity contribution >= 4 is 44.0 Å². The van der Waals surface area contributed by atoms with Crippen LogP contribution in [0, 0.1) is 0 Å². The lowest BCUT2D eigenvalue weighted by molar-refractivity contribution is 1.18. The van der Waals surface area contributed by atoms with E-state index in [9.17, 15) is 0 Å². The Morgan fingerprint density at radius 1 is 0.381 bits per heavy atom. The van der Waals surface area contributed by atoms with Crippen molar-refractivity contribution in [3.8, 4) is 27.9 Å². The van der Waals surface area contributed by atoms with E-state index >= 15 is 0 Å². The molecule has 0 spiro atoms. The number of hydrogen-bond donors (Lipinski definition) is 1. The Bertz CT molecular complexity index is 2170. The molecule has 0 unspecified atom stereocenters. The average Bonchev–Trinajstić information content (AvgIpc) is 3.41. The molecule has 0 aliphatic carbocycles. The number of benzene rings is 7. The van der Waals surface area contributed by atoms with Gasteiger partial charge in [0.1, 0.15) is 0 Å². The minimum absolute atomic E-state index is 1.06. The zero-order valence-corrected chi connectivity index (χ0v) is 23.0. The van der Waals surface area contributed by atoms with Gasteiger partial charge in [0.2, 0.25) is 0 Å². The molecule has 2 nitrogen and oxygen atoms in total. The molecule has 7 aromatic carbocycles. The highest BCUT2D eigenvalue weighted by Gasteiger charge is 2.17. The van der Waals surface area contributed by atoms with Crippen molar-refractivity contribution in [1.29, 1.82) is 0 Å². The minimum atomic E-state index is 1.06. The van der Waals surface area contributed by atoms with Gasteiger partial charge in [0, 0.05) is 27.8 Å². The van der Waals surface area contributed by atoms with E-state index in [1.165, 1.54) is 54.8 Å². The van der Waals surface area contributed by atoms with Crippen LogP contribution in [0.4, 0.5) is 11.4 Å².